The van der Waals surface area contributed by atoms with Gasteiger partial charge in [0.15, 0.2) is 11.6 Å². The Balaban J connectivity index is 1.63. The lowest BCUT2D eigenvalue weighted by atomic mass is 9.46. The monoisotopic (exact) mass is 390 g/mol. The van der Waals surface area contributed by atoms with Crippen molar-refractivity contribution in [1.82, 2.24) is 0 Å². The standard InChI is InChI=1S/C22H27FO5/c1-11-6-13-14-8-16(23)15-7-12(25)4-5-19(15,2)22(14)18(28-22)9-20(13,3)21(11,27)17(26)10-24/h4-5,7,11,13-14,16,18,24,27H,6,8-10H2,1-3H3/t11?,13-,14-,16?,18?,19-,20-,21-,22-/m0/s1. The zero-order chi connectivity index (χ0) is 20.3. The minimum atomic E-state index is -1.63. The van der Waals surface area contributed by atoms with Crippen LogP contribution in [0.2, 0.25) is 0 Å². The van der Waals surface area contributed by atoms with Crippen molar-refractivity contribution in [2.75, 3.05) is 6.61 Å². The van der Waals surface area contributed by atoms with Gasteiger partial charge in [-0.25, -0.2) is 4.39 Å². The molecular weight excluding hydrogens is 363 g/mol. The zero-order valence-corrected chi connectivity index (χ0v) is 16.4. The number of Topliss-reactive ketones (excluding diaryl/α,β-unsaturated/α-hetero) is 1. The maximum absolute atomic E-state index is 15.3. The molecule has 3 unspecified atom stereocenters. The Bertz CT molecular complexity index is 850. The zero-order valence-electron chi connectivity index (χ0n) is 16.4. The van der Waals surface area contributed by atoms with Crippen LogP contribution < -0.4 is 0 Å². The average Bonchev–Trinajstić information content (AvgIpc) is 3.34. The van der Waals surface area contributed by atoms with Gasteiger partial charge in [-0.15, -0.1) is 0 Å². The van der Waals surface area contributed by atoms with Gasteiger partial charge in [-0.05, 0) is 61.7 Å². The Morgan fingerprint density at radius 1 is 1.32 bits per heavy atom. The van der Waals surface area contributed by atoms with E-state index in [9.17, 15) is 19.8 Å². The number of halogens is 1. The van der Waals surface area contributed by atoms with Gasteiger partial charge in [0.05, 0.1) is 6.10 Å². The number of epoxide rings is 1. The second-order valence-electron chi connectivity index (χ2n) is 9.96. The van der Waals surface area contributed by atoms with Crippen LogP contribution in [-0.2, 0) is 14.3 Å². The topological polar surface area (TPSA) is 87.1 Å². The van der Waals surface area contributed by atoms with E-state index in [4.69, 9.17) is 4.74 Å². The van der Waals surface area contributed by atoms with E-state index in [0.717, 1.165) is 0 Å². The van der Waals surface area contributed by atoms with Crippen LogP contribution >= 0.6 is 0 Å². The summed E-state index contributed by atoms with van der Waals surface area (Å²) in [6.45, 7) is 5.00. The molecule has 1 aliphatic heterocycles. The number of aliphatic hydroxyl groups excluding tert-OH is 1. The molecule has 152 valence electrons. The van der Waals surface area contributed by atoms with Crippen LogP contribution in [-0.4, -0.2) is 51.9 Å². The number of hydrogen-bond donors (Lipinski definition) is 2. The third-order valence-electron chi connectivity index (χ3n) is 9.07. The van der Waals surface area contributed by atoms with E-state index in [1.165, 1.54) is 12.2 Å². The Morgan fingerprint density at radius 3 is 2.71 bits per heavy atom. The Kier molecular flexibility index (Phi) is 3.47. The lowest BCUT2D eigenvalue weighted by Gasteiger charge is -2.56. The predicted molar refractivity (Wildman–Crippen MR) is 98.0 cm³/mol. The molecule has 5 rings (SSSR count). The molecule has 0 amide bonds. The molecule has 1 saturated heterocycles. The van der Waals surface area contributed by atoms with Gasteiger partial charge in [0.2, 0.25) is 0 Å². The quantitative estimate of drug-likeness (QED) is 0.704. The normalized spacial score (nSPS) is 56.3. The lowest BCUT2D eigenvalue weighted by molar-refractivity contribution is -0.166. The molecule has 4 fully saturated rings. The fourth-order valence-electron chi connectivity index (χ4n) is 7.69. The summed E-state index contributed by atoms with van der Waals surface area (Å²) < 4.78 is 21.6. The van der Waals surface area contributed by atoms with E-state index in [0.29, 0.717) is 18.4 Å². The number of fused-ring (bicyclic) bond motifs is 3. The first-order valence-electron chi connectivity index (χ1n) is 10.2. The first kappa shape index (κ1) is 18.6. The summed E-state index contributed by atoms with van der Waals surface area (Å²) in [6.07, 6.45) is 4.58. The average molecular weight is 390 g/mol. The molecule has 0 radical (unpaired) electrons. The summed E-state index contributed by atoms with van der Waals surface area (Å²) in [4.78, 5) is 24.5. The number of alkyl halides is 1. The van der Waals surface area contributed by atoms with Crippen molar-refractivity contribution in [2.24, 2.45) is 28.6 Å². The highest BCUT2D eigenvalue weighted by molar-refractivity contribution is 6.01. The second-order valence-corrected chi connectivity index (χ2v) is 9.96. The van der Waals surface area contributed by atoms with E-state index in [2.05, 4.69) is 0 Å². The van der Waals surface area contributed by atoms with Crippen LogP contribution in [0, 0.1) is 28.6 Å². The molecular formula is C22H27FO5. The summed E-state index contributed by atoms with van der Waals surface area (Å²) in [7, 11) is 0. The number of ether oxygens (including phenoxy) is 1. The van der Waals surface area contributed by atoms with Gasteiger partial charge in [0, 0.05) is 10.8 Å². The van der Waals surface area contributed by atoms with Crippen molar-refractivity contribution >= 4 is 11.6 Å². The SMILES string of the molecule is CC1C[C@H]2[C@@H]3CC(F)C4=CC(=O)C=C[C@]4(C)[C@]34OC4C[C@]2(C)[C@@]1(O)C(=O)CO. The molecule has 2 N–H and O–H groups in total. The molecule has 6 heteroatoms. The number of carbonyl (C=O) groups is 2. The van der Waals surface area contributed by atoms with Crippen molar-refractivity contribution < 1.29 is 28.9 Å². The van der Waals surface area contributed by atoms with Crippen LogP contribution in [0.3, 0.4) is 0 Å². The molecule has 3 saturated carbocycles. The van der Waals surface area contributed by atoms with Gasteiger partial charge < -0.3 is 14.9 Å². The molecule has 0 bridgehead atoms. The molecule has 5 nitrogen and oxygen atoms in total. The van der Waals surface area contributed by atoms with Gasteiger partial charge >= 0.3 is 0 Å². The van der Waals surface area contributed by atoms with Gasteiger partial charge in [0.1, 0.15) is 24.0 Å². The van der Waals surface area contributed by atoms with Crippen molar-refractivity contribution in [3.05, 3.63) is 23.8 Å². The molecule has 5 aliphatic rings. The van der Waals surface area contributed by atoms with Crippen LogP contribution in [0.1, 0.15) is 40.0 Å². The van der Waals surface area contributed by atoms with Gasteiger partial charge in [-0.3, -0.25) is 9.59 Å². The first-order chi connectivity index (χ1) is 13.1. The highest BCUT2D eigenvalue weighted by Gasteiger charge is 2.82. The minimum Gasteiger partial charge on any atom is -0.388 e. The summed E-state index contributed by atoms with van der Waals surface area (Å²) in [5.41, 5.74) is -3.19. The predicted octanol–water partition coefficient (Wildman–Crippen LogP) is 1.91. The maximum Gasteiger partial charge on any atom is 0.190 e. The van der Waals surface area contributed by atoms with Crippen LogP contribution in [0.25, 0.3) is 0 Å². The Labute approximate surface area is 163 Å². The van der Waals surface area contributed by atoms with Crippen LogP contribution in [0.5, 0.6) is 0 Å². The van der Waals surface area contributed by atoms with Gasteiger partial charge in [0.25, 0.3) is 0 Å². The molecule has 0 aromatic heterocycles. The summed E-state index contributed by atoms with van der Waals surface area (Å²) in [5.74, 6) is -1.32. The van der Waals surface area contributed by atoms with Crippen molar-refractivity contribution in [3.8, 4) is 0 Å². The maximum atomic E-state index is 15.3. The van der Waals surface area contributed by atoms with Crippen LogP contribution in [0.15, 0.2) is 23.8 Å². The Morgan fingerprint density at radius 2 is 2.04 bits per heavy atom. The summed E-state index contributed by atoms with van der Waals surface area (Å²) in [5, 5.41) is 21.0. The van der Waals surface area contributed by atoms with E-state index >= 15 is 4.39 Å². The van der Waals surface area contributed by atoms with Gasteiger partial charge in [-0.2, -0.15) is 0 Å². The van der Waals surface area contributed by atoms with E-state index < -0.39 is 40.6 Å². The third kappa shape index (κ3) is 1.75. The largest absolute Gasteiger partial charge is 0.388 e. The number of hydrogen-bond acceptors (Lipinski definition) is 5. The van der Waals surface area contributed by atoms with Crippen molar-refractivity contribution in [2.45, 2.75) is 63.5 Å². The smallest absolute Gasteiger partial charge is 0.190 e. The third-order valence-corrected chi connectivity index (χ3v) is 9.07. The summed E-state index contributed by atoms with van der Waals surface area (Å²) in [6, 6.07) is 0. The molecule has 1 heterocycles. The van der Waals surface area contributed by atoms with Crippen LogP contribution in [0.4, 0.5) is 4.39 Å². The van der Waals surface area contributed by atoms with E-state index in [-0.39, 0.29) is 36.1 Å². The van der Waals surface area contributed by atoms with E-state index in [1.54, 1.807) is 6.08 Å². The number of carbonyl (C=O) groups excluding carboxylic acids is 2. The fraction of sp³-hybridized carbons (Fsp3) is 0.727. The second kappa shape index (κ2) is 5.21. The van der Waals surface area contributed by atoms with Crippen molar-refractivity contribution in [1.29, 1.82) is 0 Å². The minimum absolute atomic E-state index is 0.0931. The molecule has 0 aromatic rings. The molecule has 9 atom stereocenters. The molecule has 0 aromatic carbocycles. The number of aliphatic hydroxyl groups is 2. The highest BCUT2D eigenvalue weighted by atomic mass is 19.1. The fourth-order valence-corrected chi connectivity index (χ4v) is 7.69. The Hall–Kier alpha value is -1.37. The number of rotatable bonds is 2. The lowest BCUT2D eigenvalue weighted by Crippen LogP contribution is -2.63. The number of ketones is 2. The molecule has 28 heavy (non-hydrogen) atoms. The van der Waals surface area contributed by atoms with Crippen molar-refractivity contribution in [3.63, 3.8) is 0 Å². The summed E-state index contributed by atoms with van der Waals surface area (Å²) >= 11 is 0. The number of allylic oxidation sites excluding steroid dienone is 2. The molecule has 4 aliphatic carbocycles. The highest BCUT2D eigenvalue weighted by Crippen LogP contribution is 2.76. The first-order valence-corrected chi connectivity index (χ1v) is 10.2. The van der Waals surface area contributed by atoms with E-state index in [1.807, 2.05) is 20.8 Å². The molecule has 1 spiro atoms. The van der Waals surface area contributed by atoms with Gasteiger partial charge in [-0.1, -0.05) is 19.9 Å².